The first-order chi connectivity index (χ1) is 12.7. The highest BCUT2D eigenvalue weighted by Crippen LogP contribution is 2.37. The lowest BCUT2D eigenvalue weighted by Crippen LogP contribution is -2.49. The summed E-state index contributed by atoms with van der Waals surface area (Å²) in [7, 11) is 0. The van der Waals surface area contributed by atoms with Crippen molar-refractivity contribution in [3.8, 4) is 11.4 Å². The van der Waals surface area contributed by atoms with Gasteiger partial charge < -0.3 is 14.6 Å². The molecule has 4 heterocycles. The Balaban J connectivity index is 1.72. The fourth-order valence-corrected chi connectivity index (χ4v) is 4.33. The number of nitrogens with zero attached hydrogens (tertiary/aromatic N) is 3. The molecule has 0 amide bonds. The van der Waals surface area contributed by atoms with Gasteiger partial charge in [-0.15, -0.1) is 0 Å². The normalized spacial score (nSPS) is 19.7. The number of morpholine rings is 1. The predicted molar refractivity (Wildman–Crippen MR) is 104 cm³/mol. The summed E-state index contributed by atoms with van der Waals surface area (Å²) in [6.45, 7) is 6.96. The molecule has 2 aliphatic rings. The van der Waals surface area contributed by atoms with Gasteiger partial charge in [0.15, 0.2) is 5.82 Å². The second kappa shape index (κ2) is 6.09. The van der Waals surface area contributed by atoms with Crippen molar-refractivity contribution in [3.05, 3.63) is 41.7 Å². The van der Waals surface area contributed by atoms with Gasteiger partial charge in [0.25, 0.3) is 0 Å². The number of hydrogen-bond acceptors (Lipinski definition) is 4. The van der Waals surface area contributed by atoms with Crippen LogP contribution in [-0.4, -0.2) is 40.8 Å². The average Bonchev–Trinajstić information content (AvgIpc) is 3.15. The Morgan fingerprint density at radius 3 is 3.04 bits per heavy atom. The fourth-order valence-electron chi connectivity index (χ4n) is 4.33. The van der Waals surface area contributed by atoms with Crippen LogP contribution in [-0.2, 0) is 11.2 Å². The quantitative estimate of drug-likeness (QED) is 0.763. The molecule has 0 aliphatic carbocycles. The van der Waals surface area contributed by atoms with E-state index >= 15 is 0 Å². The van der Waals surface area contributed by atoms with Crippen LogP contribution in [0.4, 0.5) is 5.82 Å². The van der Waals surface area contributed by atoms with Crippen LogP contribution in [0.15, 0.2) is 30.5 Å². The third-order valence-corrected chi connectivity index (χ3v) is 5.63. The van der Waals surface area contributed by atoms with Gasteiger partial charge in [-0.05, 0) is 30.9 Å². The van der Waals surface area contributed by atoms with Crippen LogP contribution in [0.1, 0.15) is 37.4 Å². The van der Waals surface area contributed by atoms with Crippen molar-refractivity contribution >= 4 is 16.7 Å². The van der Waals surface area contributed by atoms with E-state index in [0.29, 0.717) is 12.0 Å². The van der Waals surface area contributed by atoms with Crippen LogP contribution in [0.2, 0.25) is 0 Å². The molecule has 3 aromatic rings. The van der Waals surface area contributed by atoms with Crippen LogP contribution in [0.3, 0.4) is 0 Å². The van der Waals surface area contributed by atoms with E-state index in [1.165, 1.54) is 16.6 Å². The third kappa shape index (κ3) is 2.42. The standard InChI is InChI=1S/C21H24N4O/c1-13(2)19-17-7-6-14-12-26-11-10-25(14)21(17)24-20(23-19)16-4-3-5-18-15(16)8-9-22-18/h3-5,8-9,13-14,22H,6-7,10-12H2,1-2H3/t14-/m1/s1. The second-order valence-corrected chi connectivity index (χ2v) is 7.59. The Labute approximate surface area is 153 Å². The van der Waals surface area contributed by atoms with Crippen LogP contribution in [0, 0.1) is 0 Å². The molecule has 0 saturated carbocycles. The maximum Gasteiger partial charge on any atom is 0.162 e. The smallest absolute Gasteiger partial charge is 0.162 e. The monoisotopic (exact) mass is 348 g/mol. The lowest BCUT2D eigenvalue weighted by molar-refractivity contribution is 0.0890. The molecule has 1 fully saturated rings. The van der Waals surface area contributed by atoms with Gasteiger partial charge in [-0.25, -0.2) is 9.97 Å². The maximum absolute atomic E-state index is 5.70. The van der Waals surface area contributed by atoms with Gasteiger partial charge in [0.1, 0.15) is 5.82 Å². The van der Waals surface area contributed by atoms with Crippen LogP contribution < -0.4 is 4.90 Å². The van der Waals surface area contributed by atoms with Crippen molar-refractivity contribution in [1.29, 1.82) is 0 Å². The number of H-pyrrole nitrogens is 1. The summed E-state index contributed by atoms with van der Waals surface area (Å²) in [5, 5.41) is 1.18. The Morgan fingerprint density at radius 2 is 2.15 bits per heavy atom. The first-order valence-corrected chi connectivity index (χ1v) is 9.54. The van der Waals surface area contributed by atoms with E-state index in [4.69, 9.17) is 14.7 Å². The summed E-state index contributed by atoms with van der Waals surface area (Å²) in [4.78, 5) is 15.9. The number of anilines is 1. The summed E-state index contributed by atoms with van der Waals surface area (Å²) in [5.41, 5.74) is 4.76. The summed E-state index contributed by atoms with van der Waals surface area (Å²) in [6.07, 6.45) is 4.15. The van der Waals surface area contributed by atoms with Gasteiger partial charge in [0.2, 0.25) is 0 Å². The molecule has 1 atom stereocenters. The third-order valence-electron chi connectivity index (χ3n) is 5.63. The minimum absolute atomic E-state index is 0.383. The number of fused-ring (bicyclic) bond motifs is 4. The summed E-state index contributed by atoms with van der Waals surface area (Å²) in [5.74, 6) is 2.35. The number of aromatic nitrogens is 3. The fraction of sp³-hybridized carbons (Fsp3) is 0.429. The first kappa shape index (κ1) is 15.8. The minimum atomic E-state index is 0.383. The topological polar surface area (TPSA) is 54.0 Å². The van der Waals surface area contributed by atoms with E-state index in [-0.39, 0.29) is 0 Å². The first-order valence-electron chi connectivity index (χ1n) is 9.54. The summed E-state index contributed by atoms with van der Waals surface area (Å²) < 4.78 is 5.70. The molecule has 1 aromatic carbocycles. The Bertz CT molecular complexity index is 962. The number of benzene rings is 1. The van der Waals surface area contributed by atoms with Crippen LogP contribution >= 0.6 is 0 Å². The average molecular weight is 348 g/mol. The zero-order valence-corrected chi connectivity index (χ0v) is 15.3. The molecule has 0 bridgehead atoms. The summed E-state index contributed by atoms with van der Waals surface area (Å²) in [6, 6.07) is 8.85. The van der Waals surface area contributed by atoms with Crippen molar-refractivity contribution in [1.82, 2.24) is 15.0 Å². The van der Waals surface area contributed by atoms with Crippen LogP contribution in [0.5, 0.6) is 0 Å². The van der Waals surface area contributed by atoms with E-state index in [1.54, 1.807) is 0 Å². The zero-order chi connectivity index (χ0) is 17.7. The Hall–Kier alpha value is -2.40. The van der Waals surface area contributed by atoms with Gasteiger partial charge in [-0.2, -0.15) is 0 Å². The molecule has 0 spiro atoms. The van der Waals surface area contributed by atoms with Crippen molar-refractivity contribution in [3.63, 3.8) is 0 Å². The SMILES string of the molecule is CC(C)c1nc(-c2cccc3[nH]ccc23)nc2c1CC[C@@H]1COCCN21. The van der Waals surface area contributed by atoms with Crippen molar-refractivity contribution in [2.24, 2.45) is 0 Å². The van der Waals surface area contributed by atoms with E-state index in [1.807, 2.05) is 6.20 Å². The van der Waals surface area contributed by atoms with Crippen LogP contribution in [0.25, 0.3) is 22.3 Å². The number of hydrogen-bond donors (Lipinski definition) is 1. The van der Waals surface area contributed by atoms with E-state index in [0.717, 1.165) is 55.3 Å². The lowest BCUT2D eigenvalue weighted by Gasteiger charge is -2.41. The van der Waals surface area contributed by atoms with Gasteiger partial charge in [0.05, 0.1) is 24.9 Å². The highest BCUT2D eigenvalue weighted by Gasteiger charge is 2.33. The molecule has 5 nitrogen and oxygen atoms in total. The molecule has 1 saturated heterocycles. The number of aromatic amines is 1. The molecule has 2 aromatic heterocycles. The van der Waals surface area contributed by atoms with Gasteiger partial charge in [-0.1, -0.05) is 26.0 Å². The zero-order valence-electron chi connectivity index (χ0n) is 15.3. The molecule has 0 radical (unpaired) electrons. The van der Waals surface area contributed by atoms with Crippen molar-refractivity contribution in [2.75, 3.05) is 24.7 Å². The van der Waals surface area contributed by atoms with Gasteiger partial charge in [0, 0.05) is 34.8 Å². The maximum atomic E-state index is 5.70. The highest BCUT2D eigenvalue weighted by molar-refractivity contribution is 5.93. The van der Waals surface area contributed by atoms with E-state index in [2.05, 4.69) is 48.0 Å². The largest absolute Gasteiger partial charge is 0.377 e. The molecule has 26 heavy (non-hydrogen) atoms. The molecule has 5 heteroatoms. The molecular weight excluding hydrogens is 324 g/mol. The Kier molecular flexibility index (Phi) is 3.71. The molecule has 5 rings (SSSR count). The van der Waals surface area contributed by atoms with Crippen molar-refractivity contribution in [2.45, 2.75) is 38.6 Å². The molecule has 0 unspecified atom stereocenters. The highest BCUT2D eigenvalue weighted by atomic mass is 16.5. The number of nitrogens with one attached hydrogen (secondary N) is 1. The lowest BCUT2D eigenvalue weighted by atomic mass is 9.93. The number of ether oxygens (including phenoxy) is 1. The Morgan fingerprint density at radius 1 is 1.23 bits per heavy atom. The van der Waals surface area contributed by atoms with Gasteiger partial charge in [-0.3, -0.25) is 0 Å². The summed E-state index contributed by atoms with van der Waals surface area (Å²) >= 11 is 0. The van der Waals surface area contributed by atoms with E-state index < -0.39 is 0 Å². The van der Waals surface area contributed by atoms with Crippen molar-refractivity contribution < 1.29 is 4.74 Å². The molecule has 134 valence electrons. The predicted octanol–water partition coefficient (Wildman–Crippen LogP) is 3.90. The molecular formula is C21H24N4O. The molecule has 1 N–H and O–H groups in total. The molecule has 2 aliphatic heterocycles. The second-order valence-electron chi connectivity index (χ2n) is 7.59. The minimum Gasteiger partial charge on any atom is -0.377 e. The van der Waals surface area contributed by atoms with Gasteiger partial charge >= 0.3 is 0 Å². The van der Waals surface area contributed by atoms with E-state index in [9.17, 15) is 0 Å². The number of rotatable bonds is 2.